The molecule has 0 atom stereocenters. The van der Waals surface area contributed by atoms with Crippen molar-refractivity contribution in [1.82, 2.24) is 19.6 Å². The maximum atomic E-state index is 11.8. The van der Waals surface area contributed by atoms with Gasteiger partial charge in [-0.2, -0.15) is 4.52 Å². The van der Waals surface area contributed by atoms with Gasteiger partial charge < -0.3 is 21.4 Å². The summed E-state index contributed by atoms with van der Waals surface area (Å²) < 4.78 is 1.63. The SMILES string of the molecule is Cc1cc(=O)[nH]c2cc(Nc3cc(NC4CC4)c4ncc(N)n4n3)ccc12. The van der Waals surface area contributed by atoms with E-state index in [1.165, 1.54) is 0 Å². The molecule has 1 aromatic carbocycles. The number of aromatic amines is 1. The molecule has 3 aromatic heterocycles. The fourth-order valence-corrected chi connectivity index (χ4v) is 3.26. The van der Waals surface area contributed by atoms with Gasteiger partial charge in [0.25, 0.3) is 0 Å². The first-order valence-electron chi connectivity index (χ1n) is 8.88. The number of nitrogens with one attached hydrogen (secondary N) is 3. The Hall–Kier alpha value is -3.55. The molecule has 0 spiro atoms. The van der Waals surface area contributed by atoms with E-state index in [9.17, 15) is 4.79 Å². The fraction of sp³-hybridized carbons (Fsp3) is 0.211. The summed E-state index contributed by atoms with van der Waals surface area (Å²) >= 11 is 0. The Kier molecular flexibility index (Phi) is 3.33. The van der Waals surface area contributed by atoms with Crippen molar-refractivity contribution in [2.24, 2.45) is 0 Å². The summed E-state index contributed by atoms with van der Waals surface area (Å²) in [7, 11) is 0. The van der Waals surface area contributed by atoms with E-state index in [4.69, 9.17) is 5.73 Å². The molecule has 1 aliphatic rings. The van der Waals surface area contributed by atoms with E-state index in [0.29, 0.717) is 23.3 Å². The Balaban J connectivity index is 1.56. The van der Waals surface area contributed by atoms with Crippen LogP contribution in [0.25, 0.3) is 16.6 Å². The minimum atomic E-state index is -0.112. The molecular weight excluding hydrogens is 342 g/mol. The molecule has 27 heavy (non-hydrogen) atoms. The summed E-state index contributed by atoms with van der Waals surface area (Å²) in [5.74, 6) is 1.12. The molecule has 1 aliphatic carbocycles. The molecule has 1 saturated carbocycles. The zero-order chi connectivity index (χ0) is 18.5. The molecule has 0 aliphatic heterocycles. The number of pyridine rings is 1. The van der Waals surface area contributed by atoms with E-state index in [1.807, 2.05) is 31.2 Å². The summed E-state index contributed by atoms with van der Waals surface area (Å²) in [6.45, 7) is 1.93. The highest BCUT2D eigenvalue weighted by Gasteiger charge is 2.23. The predicted molar refractivity (Wildman–Crippen MR) is 107 cm³/mol. The highest BCUT2D eigenvalue weighted by Crippen LogP contribution is 2.30. The topological polar surface area (TPSA) is 113 Å². The van der Waals surface area contributed by atoms with Gasteiger partial charge in [0, 0.05) is 29.2 Å². The van der Waals surface area contributed by atoms with Crippen LogP contribution in [0.15, 0.2) is 41.3 Å². The molecule has 8 nitrogen and oxygen atoms in total. The third kappa shape index (κ3) is 2.84. The van der Waals surface area contributed by atoms with Crippen LogP contribution in [0.4, 0.5) is 23.0 Å². The molecule has 0 bridgehead atoms. The van der Waals surface area contributed by atoms with Crippen molar-refractivity contribution in [3.05, 3.63) is 52.4 Å². The molecule has 4 aromatic rings. The van der Waals surface area contributed by atoms with Crippen LogP contribution >= 0.6 is 0 Å². The molecular formula is C19H19N7O. The van der Waals surface area contributed by atoms with Gasteiger partial charge in [0.05, 0.1) is 17.4 Å². The van der Waals surface area contributed by atoms with Crippen molar-refractivity contribution < 1.29 is 0 Å². The summed E-state index contributed by atoms with van der Waals surface area (Å²) in [5, 5.41) is 12.3. The average molecular weight is 361 g/mol. The molecule has 0 unspecified atom stereocenters. The summed E-state index contributed by atoms with van der Waals surface area (Å²) in [6, 6.07) is 9.86. The Morgan fingerprint density at radius 1 is 1.26 bits per heavy atom. The lowest BCUT2D eigenvalue weighted by atomic mass is 10.1. The van der Waals surface area contributed by atoms with Crippen LogP contribution in [0.3, 0.4) is 0 Å². The van der Waals surface area contributed by atoms with Crippen LogP contribution < -0.4 is 21.9 Å². The van der Waals surface area contributed by atoms with Gasteiger partial charge in [-0.25, -0.2) is 4.98 Å². The van der Waals surface area contributed by atoms with Gasteiger partial charge in [-0.3, -0.25) is 4.79 Å². The third-order valence-corrected chi connectivity index (χ3v) is 4.75. The molecule has 0 radical (unpaired) electrons. The first-order chi connectivity index (χ1) is 13.1. The second-order valence-electron chi connectivity index (χ2n) is 6.98. The first-order valence-corrected chi connectivity index (χ1v) is 8.88. The number of aromatic nitrogens is 4. The van der Waals surface area contributed by atoms with Gasteiger partial charge in [-0.15, -0.1) is 5.10 Å². The number of fused-ring (bicyclic) bond motifs is 2. The van der Waals surface area contributed by atoms with Gasteiger partial charge in [0.1, 0.15) is 5.82 Å². The second-order valence-corrected chi connectivity index (χ2v) is 6.98. The van der Waals surface area contributed by atoms with E-state index >= 15 is 0 Å². The molecule has 5 N–H and O–H groups in total. The van der Waals surface area contributed by atoms with Crippen LogP contribution in [-0.4, -0.2) is 25.6 Å². The van der Waals surface area contributed by atoms with Gasteiger partial charge in [-0.1, -0.05) is 6.07 Å². The maximum Gasteiger partial charge on any atom is 0.248 e. The number of nitrogens with zero attached hydrogens (tertiary/aromatic N) is 3. The molecule has 3 heterocycles. The molecule has 5 rings (SSSR count). The van der Waals surface area contributed by atoms with Crippen molar-refractivity contribution in [3.63, 3.8) is 0 Å². The van der Waals surface area contributed by atoms with Crippen LogP contribution in [0, 0.1) is 6.92 Å². The second kappa shape index (κ2) is 5.73. The third-order valence-electron chi connectivity index (χ3n) is 4.75. The van der Waals surface area contributed by atoms with Crippen LogP contribution in [0.5, 0.6) is 0 Å². The number of hydrogen-bond acceptors (Lipinski definition) is 6. The van der Waals surface area contributed by atoms with Gasteiger partial charge in [0.2, 0.25) is 5.56 Å². The number of rotatable bonds is 4. The molecule has 8 heteroatoms. The van der Waals surface area contributed by atoms with E-state index in [2.05, 4.69) is 25.7 Å². The summed E-state index contributed by atoms with van der Waals surface area (Å²) in [5.41, 5.74) is 10.1. The zero-order valence-electron chi connectivity index (χ0n) is 14.8. The summed E-state index contributed by atoms with van der Waals surface area (Å²) in [4.78, 5) is 19.0. The molecule has 0 amide bonds. The quantitative estimate of drug-likeness (QED) is 0.444. The monoisotopic (exact) mass is 361 g/mol. The van der Waals surface area contributed by atoms with Gasteiger partial charge in [0.15, 0.2) is 11.5 Å². The lowest BCUT2D eigenvalue weighted by Crippen LogP contribution is -2.08. The first kappa shape index (κ1) is 15.7. The van der Waals surface area contributed by atoms with E-state index in [0.717, 1.165) is 40.7 Å². The number of aryl methyl sites for hydroxylation is 1. The number of H-pyrrole nitrogens is 1. The molecule has 0 saturated heterocycles. The smallest absolute Gasteiger partial charge is 0.248 e. The normalized spacial score (nSPS) is 14.0. The minimum Gasteiger partial charge on any atom is -0.382 e. The summed E-state index contributed by atoms with van der Waals surface area (Å²) in [6.07, 6.45) is 3.92. The average Bonchev–Trinajstić information content (AvgIpc) is 3.36. The molecule has 136 valence electrons. The Labute approximate surface area is 154 Å². The number of hydrogen-bond donors (Lipinski definition) is 4. The highest BCUT2D eigenvalue weighted by atomic mass is 16.1. The number of imidazole rings is 1. The van der Waals surface area contributed by atoms with E-state index in [-0.39, 0.29) is 5.56 Å². The predicted octanol–water partition coefficient (Wildman–Crippen LogP) is 2.78. The Bertz CT molecular complexity index is 1240. The van der Waals surface area contributed by atoms with Crippen LogP contribution in [-0.2, 0) is 0 Å². The number of benzene rings is 1. The maximum absolute atomic E-state index is 11.8. The van der Waals surface area contributed by atoms with Crippen molar-refractivity contribution in [3.8, 4) is 0 Å². The van der Waals surface area contributed by atoms with Crippen molar-refractivity contribution in [2.75, 3.05) is 16.4 Å². The van der Waals surface area contributed by atoms with Crippen LogP contribution in [0.1, 0.15) is 18.4 Å². The largest absolute Gasteiger partial charge is 0.382 e. The zero-order valence-corrected chi connectivity index (χ0v) is 14.8. The Morgan fingerprint density at radius 2 is 2.11 bits per heavy atom. The van der Waals surface area contributed by atoms with E-state index in [1.54, 1.807) is 16.8 Å². The Morgan fingerprint density at radius 3 is 2.93 bits per heavy atom. The van der Waals surface area contributed by atoms with Crippen LogP contribution in [0.2, 0.25) is 0 Å². The van der Waals surface area contributed by atoms with Gasteiger partial charge in [-0.05, 0) is 37.5 Å². The lowest BCUT2D eigenvalue weighted by Gasteiger charge is -2.12. The minimum absolute atomic E-state index is 0.112. The fourth-order valence-electron chi connectivity index (χ4n) is 3.26. The standard InChI is InChI=1S/C19H19N7O/c1-10-6-18(27)24-14-7-12(4-5-13(10)14)23-17-8-15(22-11-2-3-11)19-21-9-16(20)26(19)25-17/h4-9,11,22H,2-3,20H2,1H3,(H,23,25)(H,24,27). The lowest BCUT2D eigenvalue weighted by molar-refractivity contribution is 0.949. The number of nitrogen functional groups attached to an aromatic ring is 1. The van der Waals surface area contributed by atoms with E-state index < -0.39 is 0 Å². The van der Waals surface area contributed by atoms with Crippen molar-refractivity contribution >= 4 is 39.6 Å². The molecule has 1 fully saturated rings. The van der Waals surface area contributed by atoms with Crippen molar-refractivity contribution in [2.45, 2.75) is 25.8 Å². The van der Waals surface area contributed by atoms with Crippen molar-refractivity contribution in [1.29, 1.82) is 0 Å². The number of nitrogens with two attached hydrogens (primary N) is 1. The number of anilines is 4. The highest BCUT2D eigenvalue weighted by molar-refractivity contribution is 5.86. The van der Waals surface area contributed by atoms with Gasteiger partial charge >= 0.3 is 0 Å².